The molecule has 0 fully saturated rings. The predicted octanol–water partition coefficient (Wildman–Crippen LogP) is 2.09. The van der Waals surface area contributed by atoms with Crippen molar-refractivity contribution in [2.75, 3.05) is 5.75 Å². The van der Waals surface area contributed by atoms with Crippen molar-refractivity contribution in [3.63, 3.8) is 0 Å². The molecule has 1 aromatic heterocycles. The lowest BCUT2D eigenvalue weighted by molar-refractivity contribution is -0.121. The average Bonchev–Trinajstić information content (AvgIpc) is 3.22. The van der Waals surface area contributed by atoms with Crippen molar-refractivity contribution in [1.82, 2.24) is 14.9 Å². The fourth-order valence-electron chi connectivity index (χ4n) is 3.39. The first-order valence-corrected chi connectivity index (χ1v) is 9.28. The van der Waals surface area contributed by atoms with Gasteiger partial charge in [0.2, 0.25) is 5.91 Å². The quantitative estimate of drug-likeness (QED) is 0.865. The maximum atomic E-state index is 12.7. The number of nitrogens with zero attached hydrogens (tertiary/aromatic N) is 2. The predicted molar refractivity (Wildman–Crippen MR) is 93.2 cm³/mol. The van der Waals surface area contributed by atoms with E-state index in [0.717, 1.165) is 47.0 Å². The normalized spacial score (nSPS) is 18.2. The highest BCUT2D eigenvalue weighted by atomic mass is 32.2. The molecule has 4 rings (SSSR count). The molecule has 1 aliphatic carbocycles. The van der Waals surface area contributed by atoms with E-state index in [-0.39, 0.29) is 17.5 Å². The zero-order chi connectivity index (χ0) is 16.5. The van der Waals surface area contributed by atoms with Crippen LogP contribution in [0.15, 0.2) is 40.3 Å². The lowest BCUT2D eigenvalue weighted by Crippen LogP contribution is -2.32. The molecule has 0 bridgehead atoms. The Labute approximate surface area is 144 Å². The average molecular weight is 341 g/mol. The number of carbonyl (C=O) groups excluding carboxylic acids is 1. The van der Waals surface area contributed by atoms with Gasteiger partial charge in [-0.15, -0.1) is 0 Å². The number of carbonyl (C=O) groups is 1. The molecule has 124 valence electrons. The molecule has 0 radical (unpaired) electrons. The van der Waals surface area contributed by atoms with E-state index in [1.807, 2.05) is 30.3 Å². The smallest absolute Gasteiger partial charge is 0.257 e. The monoisotopic (exact) mass is 341 g/mol. The van der Waals surface area contributed by atoms with Crippen LogP contribution in [0.5, 0.6) is 0 Å². The van der Waals surface area contributed by atoms with Crippen LogP contribution in [0.4, 0.5) is 0 Å². The number of hydrogen-bond donors (Lipinski definition) is 1. The Kier molecular flexibility index (Phi) is 4.14. The zero-order valence-corrected chi connectivity index (χ0v) is 14.1. The fourth-order valence-corrected chi connectivity index (χ4v) is 4.54. The second-order valence-electron chi connectivity index (χ2n) is 6.28. The standard InChI is InChI=1S/C18H19N3O2S/c22-16(19-10-12-5-2-1-3-6-12)9-13-11-24-18-20-15-8-4-7-14(15)17(23)21(13)18/h1-3,5-6,13H,4,7-11H2,(H,19,22). The highest BCUT2D eigenvalue weighted by molar-refractivity contribution is 7.99. The van der Waals surface area contributed by atoms with E-state index in [4.69, 9.17) is 0 Å². The van der Waals surface area contributed by atoms with Crippen LogP contribution in [0.25, 0.3) is 0 Å². The Hall–Kier alpha value is -2.08. The van der Waals surface area contributed by atoms with Crippen molar-refractivity contribution in [3.8, 4) is 0 Å². The van der Waals surface area contributed by atoms with Gasteiger partial charge < -0.3 is 5.32 Å². The first-order chi connectivity index (χ1) is 11.7. The molecule has 1 aromatic carbocycles. The van der Waals surface area contributed by atoms with E-state index < -0.39 is 0 Å². The van der Waals surface area contributed by atoms with Gasteiger partial charge in [0.25, 0.3) is 5.56 Å². The summed E-state index contributed by atoms with van der Waals surface area (Å²) < 4.78 is 1.75. The van der Waals surface area contributed by atoms with Crippen LogP contribution in [-0.4, -0.2) is 21.2 Å². The Morgan fingerprint density at radius 3 is 2.96 bits per heavy atom. The molecule has 5 nitrogen and oxygen atoms in total. The third-order valence-corrected chi connectivity index (χ3v) is 5.72. The molecule has 0 saturated heterocycles. The van der Waals surface area contributed by atoms with Crippen molar-refractivity contribution >= 4 is 17.7 Å². The molecule has 2 aromatic rings. The first kappa shape index (κ1) is 15.4. The Morgan fingerprint density at radius 1 is 1.29 bits per heavy atom. The molecule has 2 heterocycles. The Bertz CT molecular complexity index is 832. The third kappa shape index (κ3) is 2.86. The van der Waals surface area contributed by atoms with E-state index in [9.17, 15) is 9.59 Å². The van der Waals surface area contributed by atoms with E-state index in [0.29, 0.717) is 13.0 Å². The molecule has 0 spiro atoms. The summed E-state index contributed by atoms with van der Waals surface area (Å²) >= 11 is 1.58. The van der Waals surface area contributed by atoms with Gasteiger partial charge in [-0.2, -0.15) is 0 Å². The lowest BCUT2D eigenvalue weighted by Gasteiger charge is -2.14. The highest BCUT2D eigenvalue weighted by Gasteiger charge is 2.30. The highest BCUT2D eigenvalue weighted by Crippen LogP contribution is 2.33. The Morgan fingerprint density at radius 2 is 2.12 bits per heavy atom. The number of benzene rings is 1. The lowest BCUT2D eigenvalue weighted by atomic mass is 10.2. The minimum Gasteiger partial charge on any atom is -0.352 e. The summed E-state index contributed by atoms with van der Waals surface area (Å²) in [6, 6.07) is 9.74. The molecule has 6 heteroatoms. The molecule has 1 amide bonds. The zero-order valence-electron chi connectivity index (χ0n) is 13.3. The maximum Gasteiger partial charge on any atom is 0.257 e. The van der Waals surface area contributed by atoms with Crippen LogP contribution < -0.4 is 10.9 Å². The van der Waals surface area contributed by atoms with Gasteiger partial charge in [-0.05, 0) is 24.8 Å². The van der Waals surface area contributed by atoms with Crippen molar-refractivity contribution in [2.45, 2.75) is 43.4 Å². The van der Waals surface area contributed by atoms with E-state index in [2.05, 4.69) is 10.3 Å². The van der Waals surface area contributed by atoms with Crippen molar-refractivity contribution < 1.29 is 4.79 Å². The van der Waals surface area contributed by atoms with E-state index in [1.165, 1.54) is 0 Å². The van der Waals surface area contributed by atoms with E-state index >= 15 is 0 Å². The number of thioether (sulfide) groups is 1. The number of nitrogens with one attached hydrogen (secondary N) is 1. The third-order valence-electron chi connectivity index (χ3n) is 4.63. The molecule has 0 saturated carbocycles. The minimum atomic E-state index is -0.0910. The van der Waals surface area contributed by atoms with Crippen LogP contribution in [0.2, 0.25) is 0 Å². The first-order valence-electron chi connectivity index (χ1n) is 8.30. The van der Waals surface area contributed by atoms with Gasteiger partial charge in [-0.1, -0.05) is 42.1 Å². The summed E-state index contributed by atoms with van der Waals surface area (Å²) in [5.41, 5.74) is 2.96. The number of aryl methyl sites for hydroxylation is 1. The maximum absolute atomic E-state index is 12.7. The summed E-state index contributed by atoms with van der Waals surface area (Å²) in [4.78, 5) is 29.6. The van der Waals surface area contributed by atoms with E-state index in [1.54, 1.807) is 16.3 Å². The summed E-state index contributed by atoms with van der Waals surface area (Å²) in [5, 5.41) is 3.72. The summed E-state index contributed by atoms with van der Waals surface area (Å²) in [7, 11) is 0. The van der Waals surface area contributed by atoms with Crippen LogP contribution in [-0.2, 0) is 24.2 Å². The van der Waals surface area contributed by atoms with Gasteiger partial charge in [-0.25, -0.2) is 4.98 Å². The van der Waals surface area contributed by atoms with Gasteiger partial charge >= 0.3 is 0 Å². The number of rotatable bonds is 4. The van der Waals surface area contributed by atoms with Crippen LogP contribution in [0.1, 0.15) is 35.7 Å². The van der Waals surface area contributed by atoms with Gasteiger partial charge in [0.15, 0.2) is 5.16 Å². The molecule has 1 aliphatic heterocycles. The van der Waals surface area contributed by atoms with Crippen molar-refractivity contribution in [1.29, 1.82) is 0 Å². The van der Waals surface area contributed by atoms with Gasteiger partial charge in [0.05, 0.1) is 11.7 Å². The second kappa shape index (κ2) is 6.43. The number of fused-ring (bicyclic) bond motifs is 2. The SMILES string of the molecule is O=C(CC1CSc2nc3c(c(=O)n21)CCC3)NCc1ccccc1. The van der Waals surface area contributed by atoms with Gasteiger partial charge in [0.1, 0.15) is 0 Å². The Balaban J connectivity index is 1.46. The molecule has 24 heavy (non-hydrogen) atoms. The van der Waals surface area contributed by atoms with Crippen molar-refractivity contribution in [2.24, 2.45) is 0 Å². The number of amides is 1. The number of aromatic nitrogens is 2. The minimum absolute atomic E-state index is 0.0234. The molecule has 1 N–H and O–H groups in total. The fraction of sp³-hybridized carbons (Fsp3) is 0.389. The topological polar surface area (TPSA) is 64.0 Å². The second-order valence-corrected chi connectivity index (χ2v) is 7.27. The molecule has 1 unspecified atom stereocenters. The summed E-state index contributed by atoms with van der Waals surface area (Å²) in [5.74, 6) is 0.717. The number of hydrogen-bond acceptors (Lipinski definition) is 4. The molecule has 1 atom stereocenters. The molecular weight excluding hydrogens is 322 g/mol. The van der Waals surface area contributed by atoms with Gasteiger partial charge in [-0.3, -0.25) is 14.2 Å². The largest absolute Gasteiger partial charge is 0.352 e. The summed E-state index contributed by atoms with van der Waals surface area (Å²) in [6.07, 6.45) is 3.06. The molecular formula is C18H19N3O2S. The molecule has 2 aliphatic rings. The summed E-state index contributed by atoms with van der Waals surface area (Å²) in [6.45, 7) is 0.518. The van der Waals surface area contributed by atoms with Gasteiger partial charge in [0, 0.05) is 24.3 Å². The van der Waals surface area contributed by atoms with Crippen LogP contribution in [0, 0.1) is 0 Å². The van der Waals surface area contributed by atoms with Crippen molar-refractivity contribution in [3.05, 3.63) is 57.5 Å². The van der Waals surface area contributed by atoms with Crippen LogP contribution in [0.3, 0.4) is 0 Å². The van der Waals surface area contributed by atoms with Crippen LogP contribution >= 0.6 is 11.8 Å².